The normalized spacial score (nSPS) is 12.6. The molecule has 0 saturated carbocycles. The highest BCUT2D eigenvalue weighted by Crippen LogP contribution is 2.23. The summed E-state index contributed by atoms with van der Waals surface area (Å²) in [6, 6.07) is 0. The molecule has 0 saturated heterocycles. The van der Waals surface area contributed by atoms with E-state index < -0.39 is 9.76 Å². The summed E-state index contributed by atoms with van der Waals surface area (Å²) >= 11 is 0. The minimum Gasteiger partial charge on any atom is -0.414 e. The van der Waals surface area contributed by atoms with Crippen molar-refractivity contribution in [2.24, 2.45) is 0 Å². The zero-order valence-corrected chi connectivity index (χ0v) is 9.44. The predicted molar refractivity (Wildman–Crippen MR) is 53.4 cm³/mol. The molecular weight excluding hydrogens is 152 g/mol. The highest BCUT2D eigenvalue weighted by atomic mass is 28.2. The van der Waals surface area contributed by atoms with Crippen molar-refractivity contribution in [3.05, 3.63) is 12.3 Å². The lowest BCUT2D eigenvalue weighted by atomic mass is 9.95. The maximum atomic E-state index is 5.85. The SMILES string of the molecule is C=C[SiH2]OC(CC)(CC)CC. The van der Waals surface area contributed by atoms with Crippen LogP contribution in [0.15, 0.2) is 12.3 Å². The Morgan fingerprint density at radius 3 is 2.00 bits per heavy atom. The predicted octanol–water partition coefficient (Wildman–Crippen LogP) is 2.20. The van der Waals surface area contributed by atoms with E-state index in [4.69, 9.17) is 4.43 Å². The van der Waals surface area contributed by atoms with Crippen molar-refractivity contribution >= 4 is 9.76 Å². The first-order valence-electron chi connectivity index (χ1n) is 4.49. The van der Waals surface area contributed by atoms with E-state index >= 15 is 0 Å². The fourth-order valence-corrected chi connectivity index (χ4v) is 2.38. The molecule has 0 fully saturated rings. The summed E-state index contributed by atoms with van der Waals surface area (Å²) in [5, 5.41) is 0. The van der Waals surface area contributed by atoms with Crippen LogP contribution in [-0.2, 0) is 4.43 Å². The lowest BCUT2D eigenvalue weighted by Crippen LogP contribution is -2.31. The third-order valence-electron chi connectivity index (χ3n) is 2.44. The molecule has 0 aromatic rings. The van der Waals surface area contributed by atoms with Gasteiger partial charge in [0.1, 0.15) is 0 Å². The summed E-state index contributed by atoms with van der Waals surface area (Å²) in [6.45, 7) is 10.3. The van der Waals surface area contributed by atoms with Crippen LogP contribution >= 0.6 is 0 Å². The first-order chi connectivity index (χ1) is 5.24. The first-order valence-corrected chi connectivity index (χ1v) is 5.89. The molecule has 0 aromatic carbocycles. The van der Waals surface area contributed by atoms with E-state index in [1.165, 1.54) is 0 Å². The van der Waals surface area contributed by atoms with E-state index in [1.54, 1.807) is 0 Å². The molecule has 0 rings (SSSR count). The highest BCUT2D eigenvalue weighted by molar-refractivity contribution is 6.34. The molecule has 2 heteroatoms. The maximum Gasteiger partial charge on any atom is 0.185 e. The molecule has 0 radical (unpaired) electrons. The quantitative estimate of drug-likeness (QED) is 0.558. The van der Waals surface area contributed by atoms with Gasteiger partial charge in [0.2, 0.25) is 0 Å². The number of rotatable bonds is 6. The summed E-state index contributed by atoms with van der Waals surface area (Å²) < 4.78 is 5.85. The van der Waals surface area contributed by atoms with Gasteiger partial charge in [-0.15, -0.1) is 6.58 Å². The minimum absolute atomic E-state index is 0.167. The summed E-state index contributed by atoms with van der Waals surface area (Å²) in [7, 11) is -0.452. The molecule has 66 valence electrons. The Bertz CT molecular complexity index is 99.9. The lowest BCUT2D eigenvalue weighted by molar-refractivity contribution is 0.0626. The van der Waals surface area contributed by atoms with Crippen LogP contribution < -0.4 is 0 Å². The van der Waals surface area contributed by atoms with Gasteiger partial charge in [-0.1, -0.05) is 26.5 Å². The van der Waals surface area contributed by atoms with Crippen LogP contribution in [0.1, 0.15) is 40.0 Å². The van der Waals surface area contributed by atoms with Gasteiger partial charge in [0, 0.05) is 0 Å². The monoisotopic (exact) mass is 172 g/mol. The molecule has 0 aliphatic heterocycles. The molecule has 0 atom stereocenters. The Morgan fingerprint density at radius 2 is 1.73 bits per heavy atom. The number of hydrogen-bond donors (Lipinski definition) is 0. The summed E-state index contributed by atoms with van der Waals surface area (Å²) in [5.41, 5.74) is 2.12. The Balaban J connectivity index is 3.93. The molecule has 0 amide bonds. The average molecular weight is 172 g/mol. The van der Waals surface area contributed by atoms with Crippen LogP contribution in [0, 0.1) is 0 Å². The zero-order valence-electron chi connectivity index (χ0n) is 8.02. The molecule has 0 spiro atoms. The Kier molecular flexibility index (Phi) is 5.51. The van der Waals surface area contributed by atoms with Crippen LogP contribution in [0.4, 0.5) is 0 Å². The fraction of sp³-hybridized carbons (Fsp3) is 0.778. The van der Waals surface area contributed by atoms with E-state index in [0.717, 1.165) is 19.3 Å². The number of hydrogen-bond acceptors (Lipinski definition) is 1. The third kappa shape index (κ3) is 3.21. The van der Waals surface area contributed by atoms with Crippen molar-refractivity contribution in [3.63, 3.8) is 0 Å². The van der Waals surface area contributed by atoms with Gasteiger partial charge in [-0.2, -0.15) is 0 Å². The van der Waals surface area contributed by atoms with Crippen LogP contribution in [0.5, 0.6) is 0 Å². The van der Waals surface area contributed by atoms with Crippen molar-refractivity contribution < 1.29 is 4.43 Å². The standard InChI is InChI=1S/C9H20OSi/c1-5-9(6-2,7-3)10-11-8-4/h8H,4-7,11H2,1-3H3. The summed E-state index contributed by atoms with van der Waals surface area (Å²) in [6.07, 6.45) is 3.38. The van der Waals surface area contributed by atoms with Gasteiger partial charge in [-0.25, -0.2) is 0 Å². The molecule has 0 unspecified atom stereocenters. The van der Waals surface area contributed by atoms with Gasteiger partial charge >= 0.3 is 0 Å². The Morgan fingerprint density at radius 1 is 1.27 bits per heavy atom. The van der Waals surface area contributed by atoms with Crippen molar-refractivity contribution in [2.75, 3.05) is 0 Å². The topological polar surface area (TPSA) is 9.23 Å². The van der Waals surface area contributed by atoms with Crippen molar-refractivity contribution in [3.8, 4) is 0 Å². The molecule has 1 nitrogen and oxygen atoms in total. The van der Waals surface area contributed by atoms with Crippen molar-refractivity contribution in [1.82, 2.24) is 0 Å². The van der Waals surface area contributed by atoms with Crippen LogP contribution in [0.25, 0.3) is 0 Å². The van der Waals surface area contributed by atoms with Crippen molar-refractivity contribution in [1.29, 1.82) is 0 Å². The van der Waals surface area contributed by atoms with E-state index in [1.807, 2.05) is 5.70 Å². The van der Waals surface area contributed by atoms with E-state index in [0.29, 0.717) is 0 Å². The molecular formula is C9H20OSi. The average Bonchev–Trinajstić information content (AvgIpc) is 2.08. The second kappa shape index (κ2) is 5.55. The molecule has 0 aliphatic carbocycles. The summed E-state index contributed by atoms with van der Waals surface area (Å²) in [4.78, 5) is 0. The second-order valence-electron chi connectivity index (χ2n) is 2.84. The maximum absolute atomic E-state index is 5.85. The van der Waals surface area contributed by atoms with Crippen LogP contribution in [0.3, 0.4) is 0 Å². The zero-order chi connectivity index (χ0) is 8.74. The van der Waals surface area contributed by atoms with Crippen LogP contribution in [-0.4, -0.2) is 15.4 Å². The Hall–Kier alpha value is -0.0831. The molecule has 0 N–H and O–H groups in total. The second-order valence-corrected chi connectivity index (χ2v) is 4.04. The lowest BCUT2D eigenvalue weighted by Gasteiger charge is -2.30. The molecule has 11 heavy (non-hydrogen) atoms. The van der Waals surface area contributed by atoms with Gasteiger partial charge in [0.25, 0.3) is 0 Å². The smallest absolute Gasteiger partial charge is 0.185 e. The minimum atomic E-state index is -0.452. The van der Waals surface area contributed by atoms with E-state index in [9.17, 15) is 0 Å². The summed E-state index contributed by atoms with van der Waals surface area (Å²) in [5.74, 6) is 0. The van der Waals surface area contributed by atoms with E-state index in [-0.39, 0.29) is 5.60 Å². The van der Waals surface area contributed by atoms with Crippen LogP contribution in [0.2, 0.25) is 0 Å². The van der Waals surface area contributed by atoms with Gasteiger partial charge in [-0.05, 0) is 19.3 Å². The fourth-order valence-electron chi connectivity index (χ4n) is 1.29. The van der Waals surface area contributed by atoms with E-state index in [2.05, 4.69) is 27.4 Å². The molecule has 0 heterocycles. The highest BCUT2D eigenvalue weighted by Gasteiger charge is 2.22. The molecule has 0 aliphatic rings. The Labute approximate surface area is 72.8 Å². The third-order valence-corrected chi connectivity index (χ3v) is 3.46. The largest absolute Gasteiger partial charge is 0.414 e. The van der Waals surface area contributed by atoms with Crippen molar-refractivity contribution in [2.45, 2.75) is 45.6 Å². The van der Waals surface area contributed by atoms with Gasteiger partial charge in [0.15, 0.2) is 9.76 Å². The molecule has 0 bridgehead atoms. The first kappa shape index (κ1) is 10.9. The van der Waals surface area contributed by atoms with Gasteiger partial charge < -0.3 is 4.43 Å². The van der Waals surface area contributed by atoms with Gasteiger partial charge in [0.05, 0.1) is 5.60 Å². The van der Waals surface area contributed by atoms with Gasteiger partial charge in [-0.3, -0.25) is 0 Å². The molecule has 0 aromatic heterocycles.